The molecule has 0 saturated carbocycles. The minimum atomic E-state index is -0.311. The summed E-state index contributed by atoms with van der Waals surface area (Å²) < 4.78 is 10.7. The largest absolute Gasteiger partial charge is 0.454 e. The van der Waals surface area contributed by atoms with Crippen molar-refractivity contribution in [2.75, 3.05) is 44.4 Å². The molecule has 3 rings (SSSR count). The standard InChI is InChI=1S/C18H25N3O4/c1-3-20(4-2)8-7-19-18(23)13-9-17(22)21(11-13)14-5-6-15-16(10-14)25-12-24-15/h5-6,10,13H,3-4,7-9,11-12H2,1-2H3,(H,19,23)/t13-/m1/s1. The van der Waals surface area contributed by atoms with Crippen molar-refractivity contribution in [2.24, 2.45) is 5.92 Å². The van der Waals surface area contributed by atoms with Crippen LogP contribution in [0.15, 0.2) is 18.2 Å². The summed E-state index contributed by atoms with van der Waals surface area (Å²) in [6.07, 6.45) is 0.242. The zero-order valence-electron chi connectivity index (χ0n) is 14.8. The molecular weight excluding hydrogens is 322 g/mol. The fraction of sp³-hybridized carbons (Fsp3) is 0.556. The van der Waals surface area contributed by atoms with Crippen molar-refractivity contribution in [1.29, 1.82) is 0 Å². The molecule has 2 aliphatic heterocycles. The van der Waals surface area contributed by atoms with E-state index in [2.05, 4.69) is 24.1 Å². The van der Waals surface area contributed by atoms with Crippen LogP contribution in [0.1, 0.15) is 20.3 Å². The van der Waals surface area contributed by atoms with Gasteiger partial charge < -0.3 is 24.6 Å². The fourth-order valence-corrected chi connectivity index (χ4v) is 3.21. The molecule has 2 heterocycles. The summed E-state index contributed by atoms with van der Waals surface area (Å²) >= 11 is 0. The summed E-state index contributed by atoms with van der Waals surface area (Å²) in [6, 6.07) is 5.41. The summed E-state index contributed by atoms with van der Waals surface area (Å²) in [5.74, 6) is 0.916. The Morgan fingerprint density at radius 2 is 2.04 bits per heavy atom. The maximum absolute atomic E-state index is 12.4. The fourth-order valence-electron chi connectivity index (χ4n) is 3.21. The van der Waals surface area contributed by atoms with E-state index in [1.165, 1.54) is 0 Å². The number of fused-ring (bicyclic) bond motifs is 1. The smallest absolute Gasteiger partial charge is 0.231 e. The van der Waals surface area contributed by atoms with Gasteiger partial charge in [-0.2, -0.15) is 0 Å². The van der Waals surface area contributed by atoms with Crippen LogP contribution in [-0.4, -0.2) is 56.2 Å². The molecule has 7 heteroatoms. The van der Waals surface area contributed by atoms with Crippen molar-refractivity contribution in [1.82, 2.24) is 10.2 Å². The van der Waals surface area contributed by atoms with Crippen LogP contribution in [0.25, 0.3) is 0 Å². The van der Waals surface area contributed by atoms with Gasteiger partial charge in [0.1, 0.15) is 0 Å². The summed E-state index contributed by atoms with van der Waals surface area (Å²) in [5, 5.41) is 2.95. The summed E-state index contributed by atoms with van der Waals surface area (Å²) in [4.78, 5) is 28.6. The number of nitrogens with one attached hydrogen (secondary N) is 1. The third kappa shape index (κ3) is 3.87. The molecule has 2 aliphatic rings. The predicted molar refractivity (Wildman–Crippen MR) is 93.8 cm³/mol. The second kappa shape index (κ2) is 7.74. The Kier molecular flexibility index (Phi) is 5.43. The van der Waals surface area contributed by atoms with E-state index in [0.29, 0.717) is 24.6 Å². The Morgan fingerprint density at radius 1 is 1.28 bits per heavy atom. The third-order valence-electron chi connectivity index (χ3n) is 4.79. The van der Waals surface area contributed by atoms with Crippen LogP contribution in [0.5, 0.6) is 11.5 Å². The van der Waals surface area contributed by atoms with Crippen LogP contribution in [-0.2, 0) is 9.59 Å². The van der Waals surface area contributed by atoms with Gasteiger partial charge in [0.25, 0.3) is 0 Å². The van der Waals surface area contributed by atoms with Crippen molar-refractivity contribution in [2.45, 2.75) is 20.3 Å². The number of benzene rings is 1. The van der Waals surface area contributed by atoms with E-state index in [0.717, 1.165) is 25.3 Å². The minimum absolute atomic E-state index is 0.0391. The van der Waals surface area contributed by atoms with Gasteiger partial charge in [-0.3, -0.25) is 9.59 Å². The van der Waals surface area contributed by atoms with Crippen LogP contribution in [0.3, 0.4) is 0 Å². The lowest BCUT2D eigenvalue weighted by Gasteiger charge is -2.19. The molecule has 0 bridgehead atoms. The molecule has 7 nitrogen and oxygen atoms in total. The lowest BCUT2D eigenvalue weighted by molar-refractivity contribution is -0.126. The van der Waals surface area contributed by atoms with E-state index in [-0.39, 0.29) is 30.9 Å². The van der Waals surface area contributed by atoms with Gasteiger partial charge in [0.05, 0.1) is 5.92 Å². The van der Waals surface area contributed by atoms with Crippen molar-refractivity contribution in [3.63, 3.8) is 0 Å². The zero-order chi connectivity index (χ0) is 17.8. The highest BCUT2D eigenvalue weighted by Crippen LogP contribution is 2.37. The average Bonchev–Trinajstić information content (AvgIpc) is 3.24. The molecule has 0 spiro atoms. The lowest BCUT2D eigenvalue weighted by Crippen LogP contribution is -2.38. The molecule has 136 valence electrons. The molecule has 1 fully saturated rings. The molecule has 2 amide bonds. The number of ether oxygens (including phenoxy) is 2. The molecular formula is C18H25N3O4. The van der Waals surface area contributed by atoms with Crippen molar-refractivity contribution < 1.29 is 19.1 Å². The van der Waals surface area contributed by atoms with E-state index in [1.54, 1.807) is 17.0 Å². The quantitative estimate of drug-likeness (QED) is 0.803. The first kappa shape index (κ1) is 17.5. The van der Waals surface area contributed by atoms with Gasteiger partial charge in [-0.1, -0.05) is 13.8 Å². The second-order valence-electron chi connectivity index (χ2n) is 6.26. The number of rotatable bonds is 7. The van der Waals surface area contributed by atoms with Gasteiger partial charge in [-0.05, 0) is 25.2 Å². The van der Waals surface area contributed by atoms with Gasteiger partial charge in [0.15, 0.2) is 11.5 Å². The number of amides is 2. The van der Waals surface area contributed by atoms with Crippen LogP contribution in [0.4, 0.5) is 5.69 Å². The zero-order valence-corrected chi connectivity index (χ0v) is 14.8. The van der Waals surface area contributed by atoms with Crippen molar-refractivity contribution >= 4 is 17.5 Å². The monoisotopic (exact) mass is 347 g/mol. The van der Waals surface area contributed by atoms with E-state index >= 15 is 0 Å². The number of carbonyl (C=O) groups excluding carboxylic acids is 2. The van der Waals surface area contributed by atoms with Gasteiger partial charge in [0.2, 0.25) is 18.6 Å². The number of anilines is 1. The first-order valence-corrected chi connectivity index (χ1v) is 8.82. The molecule has 1 N–H and O–H groups in total. The normalized spacial score (nSPS) is 18.9. The second-order valence-corrected chi connectivity index (χ2v) is 6.26. The predicted octanol–water partition coefficient (Wildman–Crippen LogP) is 1.23. The molecule has 1 saturated heterocycles. The van der Waals surface area contributed by atoms with Gasteiger partial charge in [-0.15, -0.1) is 0 Å². The topological polar surface area (TPSA) is 71.1 Å². The van der Waals surface area contributed by atoms with Gasteiger partial charge >= 0.3 is 0 Å². The first-order valence-electron chi connectivity index (χ1n) is 8.82. The number of hydrogen-bond acceptors (Lipinski definition) is 5. The molecule has 1 aromatic rings. The van der Waals surface area contributed by atoms with Crippen LogP contribution >= 0.6 is 0 Å². The van der Waals surface area contributed by atoms with E-state index in [4.69, 9.17) is 9.47 Å². The van der Waals surface area contributed by atoms with Crippen LogP contribution < -0.4 is 19.7 Å². The number of nitrogens with zero attached hydrogens (tertiary/aromatic N) is 2. The van der Waals surface area contributed by atoms with Crippen molar-refractivity contribution in [3.05, 3.63) is 18.2 Å². The minimum Gasteiger partial charge on any atom is -0.454 e. The molecule has 0 aromatic heterocycles. The molecule has 0 radical (unpaired) electrons. The van der Waals surface area contributed by atoms with Crippen LogP contribution in [0.2, 0.25) is 0 Å². The number of hydrogen-bond donors (Lipinski definition) is 1. The maximum atomic E-state index is 12.4. The molecule has 25 heavy (non-hydrogen) atoms. The molecule has 1 aromatic carbocycles. The Bertz CT molecular complexity index is 645. The van der Waals surface area contributed by atoms with E-state index in [9.17, 15) is 9.59 Å². The van der Waals surface area contributed by atoms with Crippen LogP contribution in [0, 0.1) is 5.92 Å². The molecule has 0 unspecified atom stereocenters. The first-order chi connectivity index (χ1) is 12.1. The molecule has 0 aliphatic carbocycles. The number of likely N-dealkylation sites (N-methyl/N-ethyl adjacent to an activating group) is 1. The van der Waals surface area contributed by atoms with E-state index in [1.807, 2.05) is 6.07 Å². The Hall–Kier alpha value is -2.28. The van der Waals surface area contributed by atoms with Gasteiger partial charge in [-0.25, -0.2) is 0 Å². The van der Waals surface area contributed by atoms with Gasteiger partial charge in [0, 0.05) is 37.8 Å². The summed E-state index contributed by atoms with van der Waals surface area (Å²) in [5.41, 5.74) is 0.743. The summed E-state index contributed by atoms with van der Waals surface area (Å²) in [6.45, 7) is 8.16. The maximum Gasteiger partial charge on any atom is 0.231 e. The van der Waals surface area contributed by atoms with E-state index < -0.39 is 0 Å². The summed E-state index contributed by atoms with van der Waals surface area (Å²) in [7, 11) is 0. The average molecular weight is 347 g/mol. The highest BCUT2D eigenvalue weighted by Gasteiger charge is 2.35. The lowest BCUT2D eigenvalue weighted by atomic mass is 10.1. The Morgan fingerprint density at radius 3 is 2.80 bits per heavy atom. The SMILES string of the molecule is CCN(CC)CCNC(=O)[C@@H]1CC(=O)N(c2ccc3c(c2)OCO3)C1. The third-order valence-corrected chi connectivity index (χ3v) is 4.79. The highest BCUT2D eigenvalue weighted by atomic mass is 16.7. The number of carbonyl (C=O) groups is 2. The van der Waals surface area contributed by atoms with Crippen molar-refractivity contribution in [3.8, 4) is 11.5 Å². The Labute approximate surface area is 147 Å². The Balaban J connectivity index is 1.56. The molecule has 1 atom stereocenters. The highest BCUT2D eigenvalue weighted by molar-refractivity contribution is 6.00.